The Morgan fingerprint density at radius 2 is 1.93 bits per heavy atom. The molecule has 0 aliphatic carbocycles. The fourth-order valence-corrected chi connectivity index (χ4v) is 3.64. The van der Waals surface area contributed by atoms with E-state index in [2.05, 4.69) is 10.3 Å². The van der Waals surface area contributed by atoms with Crippen LogP contribution in [-0.4, -0.2) is 17.0 Å². The predicted molar refractivity (Wildman–Crippen MR) is 116 cm³/mol. The van der Waals surface area contributed by atoms with E-state index >= 15 is 0 Å². The molecule has 154 valence electrons. The third-order valence-electron chi connectivity index (χ3n) is 4.84. The third-order valence-corrected chi connectivity index (χ3v) is 5.09. The summed E-state index contributed by atoms with van der Waals surface area (Å²) in [5, 5.41) is 3.73. The SMILES string of the molecule is CC(C)Oc1cc2c(cc1OCc1ccccn1)CC(=O)N[C@H]2c1ccc(Cl)cc1. The van der Waals surface area contributed by atoms with Crippen LogP contribution in [0.5, 0.6) is 11.5 Å². The number of aromatic nitrogens is 1. The summed E-state index contributed by atoms with van der Waals surface area (Å²) in [5.74, 6) is 1.23. The molecule has 1 aliphatic rings. The summed E-state index contributed by atoms with van der Waals surface area (Å²) in [6, 6.07) is 16.8. The van der Waals surface area contributed by atoms with Gasteiger partial charge < -0.3 is 14.8 Å². The number of pyridine rings is 1. The largest absolute Gasteiger partial charge is 0.487 e. The monoisotopic (exact) mass is 422 g/mol. The van der Waals surface area contributed by atoms with E-state index in [0.717, 1.165) is 22.4 Å². The van der Waals surface area contributed by atoms with Gasteiger partial charge in [0.1, 0.15) is 6.61 Å². The molecule has 4 rings (SSSR count). The van der Waals surface area contributed by atoms with Crippen LogP contribution in [0.25, 0.3) is 0 Å². The van der Waals surface area contributed by atoms with Crippen LogP contribution in [-0.2, 0) is 17.8 Å². The van der Waals surface area contributed by atoms with Gasteiger partial charge in [-0.1, -0.05) is 29.8 Å². The Bertz CT molecular complexity index is 1040. The molecule has 0 bridgehead atoms. The van der Waals surface area contributed by atoms with Crippen molar-refractivity contribution in [2.75, 3.05) is 0 Å². The molecule has 1 aromatic heterocycles. The van der Waals surface area contributed by atoms with Crippen molar-refractivity contribution in [3.05, 3.63) is 88.2 Å². The first-order valence-electron chi connectivity index (χ1n) is 9.90. The van der Waals surface area contributed by atoms with Crippen LogP contribution in [0.1, 0.15) is 42.3 Å². The molecule has 0 saturated carbocycles. The van der Waals surface area contributed by atoms with E-state index in [1.165, 1.54) is 0 Å². The first-order chi connectivity index (χ1) is 14.5. The lowest BCUT2D eigenvalue weighted by Gasteiger charge is -2.29. The number of hydrogen-bond donors (Lipinski definition) is 1. The van der Waals surface area contributed by atoms with Gasteiger partial charge in [-0.05, 0) is 66.9 Å². The van der Waals surface area contributed by atoms with Crippen molar-refractivity contribution in [1.29, 1.82) is 0 Å². The lowest BCUT2D eigenvalue weighted by atomic mass is 9.89. The Morgan fingerprint density at radius 3 is 2.63 bits per heavy atom. The van der Waals surface area contributed by atoms with Gasteiger partial charge in [0.25, 0.3) is 0 Å². The van der Waals surface area contributed by atoms with Crippen molar-refractivity contribution in [2.45, 2.75) is 39.0 Å². The molecule has 0 saturated heterocycles. The predicted octanol–water partition coefficient (Wildman–Crippen LogP) is 4.86. The van der Waals surface area contributed by atoms with Gasteiger partial charge in [-0.3, -0.25) is 9.78 Å². The summed E-state index contributed by atoms with van der Waals surface area (Å²) in [7, 11) is 0. The molecule has 1 amide bonds. The number of carbonyl (C=O) groups is 1. The Hall–Kier alpha value is -3.05. The van der Waals surface area contributed by atoms with E-state index in [9.17, 15) is 4.79 Å². The van der Waals surface area contributed by atoms with Crippen LogP contribution in [0.2, 0.25) is 5.02 Å². The number of fused-ring (bicyclic) bond motifs is 1. The molecule has 3 aromatic rings. The lowest BCUT2D eigenvalue weighted by molar-refractivity contribution is -0.121. The second-order valence-electron chi connectivity index (χ2n) is 7.50. The Kier molecular flexibility index (Phi) is 5.91. The van der Waals surface area contributed by atoms with Crippen molar-refractivity contribution in [3.63, 3.8) is 0 Å². The maximum absolute atomic E-state index is 12.4. The van der Waals surface area contributed by atoms with Crippen LogP contribution in [0.3, 0.4) is 0 Å². The molecule has 1 atom stereocenters. The highest BCUT2D eigenvalue weighted by atomic mass is 35.5. The highest BCUT2D eigenvalue weighted by molar-refractivity contribution is 6.30. The summed E-state index contributed by atoms with van der Waals surface area (Å²) >= 11 is 6.04. The van der Waals surface area contributed by atoms with E-state index in [1.807, 2.05) is 68.4 Å². The molecule has 30 heavy (non-hydrogen) atoms. The molecule has 2 heterocycles. The lowest BCUT2D eigenvalue weighted by Crippen LogP contribution is -2.36. The zero-order valence-corrected chi connectivity index (χ0v) is 17.6. The number of hydrogen-bond acceptors (Lipinski definition) is 4. The third kappa shape index (κ3) is 4.57. The molecule has 1 aliphatic heterocycles. The minimum Gasteiger partial charge on any atom is -0.487 e. The van der Waals surface area contributed by atoms with Gasteiger partial charge in [0.05, 0.1) is 24.3 Å². The zero-order chi connectivity index (χ0) is 21.1. The van der Waals surface area contributed by atoms with Gasteiger partial charge >= 0.3 is 0 Å². The summed E-state index contributed by atoms with van der Waals surface area (Å²) in [4.78, 5) is 16.7. The Morgan fingerprint density at radius 1 is 1.13 bits per heavy atom. The summed E-state index contributed by atoms with van der Waals surface area (Å²) in [6.45, 7) is 4.27. The first-order valence-corrected chi connectivity index (χ1v) is 10.3. The molecule has 1 N–H and O–H groups in total. The van der Waals surface area contributed by atoms with Crippen molar-refractivity contribution in [1.82, 2.24) is 10.3 Å². The van der Waals surface area contributed by atoms with Crippen molar-refractivity contribution < 1.29 is 14.3 Å². The fraction of sp³-hybridized carbons (Fsp3) is 0.250. The molecule has 2 aromatic carbocycles. The summed E-state index contributed by atoms with van der Waals surface area (Å²) in [6.07, 6.45) is 2.01. The van der Waals surface area contributed by atoms with Crippen molar-refractivity contribution in [3.8, 4) is 11.5 Å². The van der Waals surface area contributed by atoms with Gasteiger partial charge in [-0.2, -0.15) is 0 Å². The fourth-order valence-electron chi connectivity index (χ4n) is 3.51. The van der Waals surface area contributed by atoms with E-state index in [-0.39, 0.29) is 18.1 Å². The average molecular weight is 423 g/mol. The maximum atomic E-state index is 12.4. The van der Waals surface area contributed by atoms with Crippen molar-refractivity contribution in [2.24, 2.45) is 0 Å². The van der Waals surface area contributed by atoms with Crippen LogP contribution < -0.4 is 14.8 Å². The summed E-state index contributed by atoms with van der Waals surface area (Å²) in [5.41, 5.74) is 3.71. The number of halogens is 1. The number of carbonyl (C=O) groups excluding carboxylic acids is 1. The minimum atomic E-state index is -0.266. The second kappa shape index (κ2) is 8.76. The van der Waals surface area contributed by atoms with Crippen LogP contribution in [0, 0.1) is 0 Å². The zero-order valence-electron chi connectivity index (χ0n) is 16.9. The average Bonchev–Trinajstić information content (AvgIpc) is 2.73. The maximum Gasteiger partial charge on any atom is 0.225 e. The summed E-state index contributed by atoms with van der Waals surface area (Å²) < 4.78 is 12.1. The smallest absolute Gasteiger partial charge is 0.225 e. The Labute approximate surface area is 181 Å². The number of nitrogens with one attached hydrogen (secondary N) is 1. The molecular weight excluding hydrogens is 400 g/mol. The molecule has 0 fully saturated rings. The van der Waals surface area contributed by atoms with Gasteiger partial charge in [-0.25, -0.2) is 0 Å². The molecular formula is C24H23ClN2O3. The van der Waals surface area contributed by atoms with Gasteiger partial charge in [0.2, 0.25) is 5.91 Å². The van der Waals surface area contributed by atoms with E-state index in [4.69, 9.17) is 21.1 Å². The normalized spacial score (nSPS) is 15.5. The number of nitrogens with zero attached hydrogens (tertiary/aromatic N) is 1. The standard InChI is InChI=1S/C24H23ClN2O3/c1-15(2)30-22-13-20-17(11-21(22)29-14-19-5-3-4-10-26-19)12-23(28)27-24(20)16-6-8-18(25)9-7-16/h3-11,13,15,24H,12,14H2,1-2H3,(H,27,28)/t24-/m0/s1. The molecule has 5 nitrogen and oxygen atoms in total. The first kappa shape index (κ1) is 20.2. The van der Waals surface area contributed by atoms with E-state index in [0.29, 0.717) is 29.5 Å². The van der Waals surface area contributed by atoms with Crippen LogP contribution >= 0.6 is 11.6 Å². The molecule has 6 heteroatoms. The van der Waals surface area contributed by atoms with Gasteiger partial charge in [-0.15, -0.1) is 0 Å². The highest BCUT2D eigenvalue weighted by Gasteiger charge is 2.28. The topological polar surface area (TPSA) is 60.5 Å². The molecule has 0 unspecified atom stereocenters. The number of ether oxygens (including phenoxy) is 2. The van der Waals surface area contributed by atoms with Crippen molar-refractivity contribution >= 4 is 17.5 Å². The second-order valence-corrected chi connectivity index (χ2v) is 7.94. The molecule has 0 spiro atoms. The number of amides is 1. The Balaban J connectivity index is 1.71. The van der Waals surface area contributed by atoms with Gasteiger partial charge in [0.15, 0.2) is 11.5 Å². The van der Waals surface area contributed by atoms with E-state index in [1.54, 1.807) is 6.20 Å². The number of rotatable bonds is 6. The minimum absolute atomic E-state index is 0.0209. The number of benzene rings is 2. The van der Waals surface area contributed by atoms with Crippen LogP contribution in [0.15, 0.2) is 60.8 Å². The van der Waals surface area contributed by atoms with Crippen LogP contribution in [0.4, 0.5) is 0 Å². The van der Waals surface area contributed by atoms with Gasteiger partial charge in [0, 0.05) is 11.2 Å². The quantitative estimate of drug-likeness (QED) is 0.616. The highest BCUT2D eigenvalue weighted by Crippen LogP contribution is 2.39. The van der Waals surface area contributed by atoms with E-state index < -0.39 is 0 Å². The molecule has 0 radical (unpaired) electrons.